The maximum absolute atomic E-state index is 3.69. The summed E-state index contributed by atoms with van der Waals surface area (Å²) < 4.78 is 0. The van der Waals surface area contributed by atoms with Gasteiger partial charge in [0.1, 0.15) is 0 Å². The molecule has 0 saturated carbocycles. The maximum atomic E-state index is 3.69. The minimum absolute atomic E-state index is 0.427. The Hall–Kier alpha value is -0.0800. The lowest BCUT2D eigenvalue weighted by atomic mass is 9.85. The lowest BCUT2D eigenvalue weighted by molar-refractivity contribution is 0.224. The van der Waals surface area contributed by atoms with Crippen LogP contribution in [0.5, 0.6) is 0 Å². The summed E-state index contributed by atoms with van der Waals surface area (Å²) in [5, 5.41) is 7.37. The zero-order chi connectivity index (χ0) is 12.4. The minimum atomic E-state index is 0.427. The summed E-state index contributed by atoms with van der Waals surface area (Å²) in [6.07, 6.45) is 2.50. The summed E-state index contributed by atoms with van der Waals surface area (Å²) in [5.41, 5.74) is 0.854. The fourth-order valence-corrected chi connectivity index (χ4v) is 2.53. The number of piperazine rings is 1. The molecule has 0 spiro atoms. The Balaban J connectivity index is 2.29. The van der Waals surface area contributed by atoms with Crippen LogP contribution in [0.2, 0.25) is 0 Å². The number of nitrogens with one attached hydrogen (secondary N) is 2. The van der Waals surface area contributed by atoms with Gasteiger partial charge in [-0.2, -0.15) is 0 Å². The molecule has 96 valence electrons. The zero-order valence-corrected chi connectivity index (χ0v) is 12.0. The van der Waals surface area contributed by atoms with E-state index in [9.17, 15) is 0 Å². The molecular weight excluding hydrogens is 196 g/mol. The molecule has 2 nitrogen and oxygen atoms in total. The van der Waals surface area contributed by atoms with Gasteiger partial charge in [0.25, 0.3) is 0 Å². The molecule has 2 atom stereocenters. The SMILES string of the molecule is CC(C)(C)CC1CNC(CC(C)(C)C)CN1. The van der Waals surface area contributed by atoms with E-state index in [1.165, 1.54) is 12.8 Å². The topological polar surface area (TPSA) is 24.1 Å². The van der Waals surface area contributed by atoms with Crippen LogP contribution >= 0.6 is 0 Å². The van der Waals surface area contributed by atoms with Crippen molar-refractivity contribution in [2.24, 2.45) is 10.8 Å². The van der Waals surface area contributed by atoms with Gasteiger partial charge in [-0.3, -0.25) is 0 Å². The van der Waals surface area contributed by atoms with Crippen molar-refractivity contribution in [3.63, 3.8) is 0 Å². The van der Waals surface area contributed by atoms with Crippen molar-refractivity contribution < 1.29 is 0 Å². The first-order chi connectivity index (χ1) is 7.16. The van der Waals surface area contributed by atoms with Crippen LogP contribution in [0.15, 0.2) is 0 Å². The fourth-order valence-electron chi connectivity index (χ4n) is 2.53. The largest absolute Gasteiger partial charge is 0.311 e. The molecule has 0 aromatic carbocycles. The van der Waals surface area contributed by atoms with Gasteiger partial charge in [0.15, 0.2) is 0 Å². The van der Waals surface area contributed by atoms with Crippen molar-refractivity contribution in [3.05, 3.63) is 0 Å². The predicted octanol–water partition coefficient (Wildman–Crippen LogP) is 2.79. The molecule has 0 aliphatic carbocycles. The Morgan fingerprint density at radius 1 is 0.750 bits per heavy atom. The van der Waals surface area contributed by atoms with Crippen molar-refractivity contribution in [3.8, 4) is 0 Å². The second-order valence-corrected chi connectivity index (χ2v) is 7.74. The van der Waals surface area contributed by atoms with Gasteiger partial charge < -0.3 is 10.6 Å². The van der Waals surface area contributed by atoms with Crippen LogP contribution < -0.4 is 10.6 Å². The Bertz CT molecular complexity index is 178. The van der Waals surface area contributed by atoms with Gasteiger partial charge in [-0.1, -0.05) is 41.5 Å². The standard InChI is InChI=1S/C14H30N2/c1-13(2,3)7-11-9-16-12(10-15-11)8-14(4,5)6/h11-12,15-16H,7-10H2,1-6H3. The summed E-state index contributed by atoms with van der Waals surface area (Å²) in [6.45, 7) is 16.1. The predicted molar refractivity (Wildman–Crippen MR) is 71.7 cm³/mol. The van der Waals surface area contributed by atoms with Crippen LogP contribution in [0.1, 0.15) is 54.4 Å². The Kier molecular flexibility index (Phi) is 4.42. The highest BCUT2D eigenvalue weighted by Crippen LogP contribution is 2.24. The van der Waals surface area contributed by atoms with E-state index < -0.39 is 0 Å². The van der Waals surface area contributed by atoms with E-state index in [0.29, 0.717) is 22.9 Å². The molecule has 0 aromatic heterocycles. The summed E-state index contributed by atoms with van der Waals surface area (Å²) in [7, 11) is 0. The molecular formula is C14H30N2. The first-order valence-electron chi connectivity index (χ1n) is 6.62. The first-order valence-corrected chi connectivity index (χ1v) is 6.62. The third-order valence-corrected chi connectivity index (χ3v) is 3.02. The molecule has 1 fully saturated rings. The first kappa shape index (κ1) is 14.0. The third-order valence-electron chi connectivity index (χ3n) is 3.02. The van der Waals surface area contributed by atoms with Crippen LogP contribution in [0.4, 0.5) is 0 Å². The normalized spacial score (nSPS) is 28.1. The zero-order valence-electron chi connectivity index (χ0n) is 12.0. The quantitative estimate of drug-likeness (QED) is 0.756. The van der Waals surface area contributed by atoms with Gasteiger partial charge in [0.2, 0.25) is 0 Å². The molecule has 0 radical (unpaired) electrons. The van der Waals surface area contributed by atoms with Crippen molar-refractivity contribution in [2.75, 3.05) is 13.1 Å². The smallest absolute Gasteiger partial charge is 0.0198 e. The van der Waals surface area contributed by atoms with Gasteiger partial charge in [0.05, 0.1) is 0 Å². The highest BCUT2D eigenvalue weighted by molar-refractivity contribution is 4.87. The van der Waals surface area contributed by atoms with Crippen LogP contribution in [0.3, 0.4) is 0 Å². The summed E-state index contributed by atoms with van der Waals surface area (Å²) in [4.78, 5) is 0. The molecule has 1 rings (SSSR count). The number of rotatable bonds is 2. The van der Waals surface area contributed by atoms with Gasteiger partial charge >= 0.3 is 0 Å². The van der Waals surface area contributed by atoms with E-state index in [1.807, 2.05) is 0 Å². The van der Waals surface area contributed by atoms with E-state index in [1.54, 1.807) is 0 Å². The molecule has 1 aliphatic heterocycles. The fraction of sp³-hybridized carbons (Fsp3) is 1.00. The summed E-state index contributed by atoms with van der Waals surface area (Å²) in [5.74, 6) is 0. The Morgan fingerprint density at radius 2 is 1.06 bits per heavy atom. The molecule has 0 bridgehead atoms. The monoisotopic (exact) mass is 226 g/mol. The number of hydrogen-bond donors (Lipinski definition) is 2. The molecule has 16 heavy (non-hydrogen) atoms. The Morgan fingerprint density at radius 3 is 1.25 bits per heavy atom. The maximum Gasteiger partial charge on any atom is 0.0198 e. The van der Waals surface area contributed by atoms with Crippen molar-refractivity contribution >= 4 is 0 Å². The molecule has 1 saturated heterocycles. The summed E-state index contributed by atoms with van der Waals surface area (Å²) in [6, 6.07) is 1.30. The molecule has 1 aliphatic rings. The van der Waals surface area contributed by atoms with Crippen LogP contribution in [-0.4, -0.2) is 25.2 Å². The minimum Gasteiger partial charge on any atom is -0.311 e. The molecule has 2 unspecified atom stereocenters. The molecule has 0 aromatic rings. The van der Waals surface area contributed by atoms with E-state index >= 15 is 0 Å². The average molecular weight is 226 g/mol. The van der Waals surface area contributed by atoms with Crippen LogP contribution in [0.25, 0.3) is 0 Å². The molecule has 1 heterocycles. The highest BCUT2D eigenvalue weighted by atomic mass is 15.1. The second-order valence-electron chi connectivity index (χ2n) is 7.74. The molecule has 0 amide bonds. The molecule has 2 heteroatoms. The van der Waals surface area contributed by atoms with Gasteiger partial charge in [0, 0.05) is 25.2 Å². The Labute approximate surface area is 102 Å². The second kappa shape index (κ2) is 5.05. The summed E-state index contributed by atoms with van der Waals surface area (Å²) >= 11 is 0. The average Bonchev–Trinajstić information content (AvgIpc) is 2.03. The van der Waals surface area contributed by atoms with E-state index in [-0.39, 0.29) is 0 Å². The van der Waals surface area contributed by atoms with Crippen molar-refractivity contribution in [2.45, 2.75) is 66.5 Å². The van der Waals surface area contributed by atoms with Gasteiger partial charge in [-0.05, 0) is 23.7 Å². The lowest BCUT2D eigenvalue weighted by Crippen LogP contribution is -2.56. The van der Waals surface area contributed by atoms with E-state index in [2.05, 4.69) is 52.2 Å². The van der Waals surface area contributed by atoms with Crippen LogP contribution in [-0.2, 0) is 0 Å². The van der Waals surface area contributed by atoms with Crippen LogP contribution in [0, 0.1) is 10.8 Å². The lowest BCUT2D eigenvalue weighted by Gasteiger charge is -2.37. The van der Waals surface area contributed by atoms with Crippen molar-refractivity contribution in [1.29, 1.82) is 0 Å². The third kappa shape index (κ3) is 5.86. The van der Waals surface area contributed by atoms with Gasteiger partial charge in [-0.25, -0.2) is 0 Å². The van der Waals surface area contributed by atoms with E-state index in [0.717, 1.165) is 13.1 Å². The highest BCUT2D eigenvalue weighted by Gasteiger charge is 2.26. The molecule has 2 N–H and O–H groups in total. The number of hydrogen-bond acceptors (Lipinski definition) is 2. The van der Waals surface area contributed by atoms with E-state index in [4.69, 9.17) is 0 Å². The van der Waals surface area contributed by atoms with Gasteiger partial charge in [-0.15, -0.1) is 0 Å². The van der Waals surface area contributed by atoms with Crippen molar-refractivity contribution in [1.82, 2.24) is 10.6 Å².